The lowest BCUT2D eigenvalue weighted by Gasteiger charge is -2.17. The van der Waals surface area contributed by atoms with Crippen LogP contribution >= 0.6 is 0 Å². The molecule has 0 unspecified atom stereocenters. The summed E-state index contributed by atoms with van der Waals surface area (Å²) in [6.45, 7) is 8.78. The second-order valence-corrected chi connectivity index (χ2v) is 5.16. The van der Waals surface area contributed by atoms with Crippen LogP contribution in [0.3, 0.4) is 0 Å². The lowest BCUT2D eigenvalue weighted by atomic mass is 10.1. The number of ether oxygens (including phenoxy) is 1. The molecular weight excluding hydrogens is 278 g/mol. The minimum atomic E-state index is -0.0950. The summed E-state index contributed by atoms with van der Waals surface area (Å²) in [5.74, 6) is 0.846. The Kier molecular flexibility index (Phi) is 9.07. The van der Waals surface area contributed by atoms with E-state index in [9.17, 15) is 4.79 Å². The topological polar surface area (TPSA) is 53.6 Å². The van der Waals surface area contributed by atoms with Gasteiger partial charge in [0.15, 0.2) is 0 Å². The summed E-state index contributed by atoms with van der Waals surface area (Å²) < 4.78 is 5.18. The zero-order valence-electron chi connectivity index (χ0n) is 14.0. The van der Waals surface area contributed by atoms with Crippen molar-refractivity contribution in [2.45, 2.75) is 26.7 Å². The Balaban J connectivity index is 2.13. The van der Waals surface area contributed by atoms with E-state index in [0.717, 1.165) is 43.8 Å². The van der Waals surface area contributed by atoms with Crippen molar-refractivity contribution in [2.24, 2.45) is 0 Å². The van der Waals surface area contributed by atoms with Gasteiger partial charge in [0.25, 0.3) is 0 Å². The molecule has 0 aliphatic rings. The molecule has 0 heterocycles. The molecule has 2 amide bonds. The van der Waals surface area contributed by atoms with Crippen molar-refractivity contribution in [3.05, 3.63) is 29.8 Å². The van der Waals surface area contributed by atoms with Crippen LogP contribution in [0.15, 0.2) is 24.3 Å². The first-order valence-corrected chi connectivity index (χ1v) is 8.06. The van der Waals surface area contributed by atoms with Gasteiger partial charge in [-0.15, -0.1) is 0 Å². The van der Waals surface area contributed by atoms with Crippen LogP contribution in [0.5, 0.6) is 5.75 Å². The highest BCUT2D eigenvalue weighted by Gasteiger charge is 2.02. The van der Waals surface area contributed by atoms with E-state index in [-0.39, 0.29) is 6.03 Å². The molecule has 0 saturated heterocycles. The number of hydrogen-bond donors (Lipinski definition) is 2. The Morgan fingerprint density at radius 2 is 1.91 bits per heavy atom. The van der Waals surface area contributed by atoms with E-state index >= 15 is 0 Å². The van der Waals surface area contributed by atoms with Gasteiger partial charge in [-0.2, -0.15) is 0 Å². The summed E-state index contributed by atoms with van der Waals surface area (Å²) in [4.78, 5) is 14.0. The molecule has 2 N–H and O–H groups in total. The van der Waals surface area contributed by atoms with Gasteiger partial charge in [-0.1, -0.05) is 26.0 Å². The van der Waals surface area contributed by atoms with Gasteiger partial charge >= 0.3 is 6.03 Å². The number of hydrogen-bond acceptors (Lipinski definition) is 3. The number of rotatable bonds is 10. The van der Waals surface area contributed by atoms with Gasteiger partial charge in [0.05, 0.1) is 7.11 Å². The first-order valence-electron chi connectivity index (χ1n) is 8.06. The van der Waals surface area contributed by atoms with Crippen LogP contribution in [-0.2, 0) is 6.42 Å². The van der Waals surface area contributed by atoms with Crippen molar-refractivity contribution < 1.29 is 9.53 Å². The average Bonchev–Trinajstić information content (AvgIpc) is 2.55. The van der Waals surface area contributed by atoms with Crippen molar-refractivity contribution in [1.82, 2.24) is 15.5 Å². The smallest absolute Gasteiger partial charge is 0.314 e. The molecule has 0 aliphatic carbocycles. The number of carbonyl (C=O) groups is 1. The first-order chi connectivity index (χ1) is 10.7. The molecule has 1 aromatic carbocycles. The van der Waals surface area contributed by atoms with Crippen molar-refractivity contribution in [1.29, 1.82) is 0 Å². The van der Waals surface area contributed by atoms with Crippen LogP contribution in [0.2, 0.25) is 0 Å². The van der Waals surface area contributed by atoms with Crippen molar-refractivity contribution in [3.63, 3.8) is 0 Å². The monoisotopic (exact) mass is 307 g/mol. The third-order valence-corrected chi connectivity index (χ3v) is 3.66. The SMILES string of the molecule is CCN(CC)CCCNC(=O)NCCc1cccc(OC)c1. The first kappa shape index (κ1) is 18.3. The number of nitrogens with zero attached hydrogens (tertiary/aromatic N) is 1. The second-order valence-electron chi connectivity index (χ2n) is 5.16. The van der Waals surface area contributed by atoms with Crippen LogP contribution < -0.4 is 15.4 Å². The highest BCUT2D eigenvalue weighted by molar-refractivity contribution is 5.73. The molecule has 5 heteroatoms. The number of carbonyl (C=O) groups excluding carboxylic acids is 1. The molecule has 22 heavy (non-hydrogen) atoms. The average molecular weight is 307 g/mol. The van der Waals surface area contributed by atoms with E-state index < -0.39 is 0 Å². The van der Waals surface area contributed by atoms with Gasteiger partial charge in [-0.05, 0) is 50.2 Å². The Morgan fingerprint density at radius 1 is 1.18 bits per heavy atom. The van der Waals surface area contributed by atoms with Gasteiger partial charge in [-0.25, -0.2) is 4.79 Å². The largest absolute Gasteiger partial charge is 0.497 e. The lowest BCUT2D eigenvalue weighted by Crippen LogP contribution is -2.38. The quantitative estimate of drug-likeness (QED) is 0.652. The van der Waals surface area contributed by atoms with Gasteiger partial charge in [0.1, 0.15) is 5.75 Å². The van der Waals surface area contributed by atoms with Gasteiger partial charge in [0.2, 0.25) is 0 Å². The van der Waals surface area contributed by atoms with E-state index in [0.29, 0.717) is 13.1 Å². The Morgan fingerprint density at radius 3 is 2.59 bits per heavy atom. The predicted octanol–water partition coefficient (Wildman–Crippen LogP) is 2.27. The number of benzene rings is 1. The summed E-state index contributed by atoms with van der Waals surface area (Å²) in [5, 5.41) is 5.77. The van der Waals surface area contributed by atoms with Crippen LogP contribution in [-0.4, -0.2) is 50.8 Å². The van der Waals surface area contributed by atoms with Crippen molar-refractivity contribution >= 4 is 6.03 Å². The lowest BCUT2D eigenvalue weighted by molar-refractivity contribution is 0.239. The summed E-state index contributed by atoms with van der Waals surface area (Å²) in [7, 11) is 1.66. The van der Waals surface area contributed by atoms with Gasteiger partial charge in [0, 0.05) is 13.1 Å². The highest BCUT2D eigenvalue weighted by Crippen LogP contribution is 2.12. The standard InChI is InChI=1S/C17H29N3O2/c1-4-20(5-2)13-7-11-18-17(21)19-12-10-15-8-6-9-16(14-15)22-3/h6,8-9,14H,4-5,7,10-13H2,1-3H3,(H2,18,19,21). The fourth-order valence-corrected chi connectivity index (χ4v) is 2.26. The third kappa shape index (κ3) is 7.31. The normalized spacial score (nSPS) is 10.5. The molecule has 0 aromatic heterocycles. The number of urea groups is 1. The molecule has 0 atom stereocenters. The molecule has 0 saturated carbocycles. The van der Waals surface area contributed by atoms with E-state index in [2.05, 4.69) is 29.4 Å². The highest BCUT2D eigenvalue weighted by atomic mass is 16.5. The third-order valence-electron chi connectivity index (χ3n) is 3.66. The molecule has 0 fully saturated rings. The molecule has 0 spiro atoms. The molecule has 1 aromatic rings. The number of amides is 2. The maximum absolute atomic E-state index is 11.7. The zero-order valence-corrected chi connectivity index (χ0v) is 14.0. The maximum Gasteiger partial charge on any atom is 0.314 e. The molecule has 0 radical (unpaired) electrons. The van der Waals surface area contributed by atoms with E-state index in [1.807, 2.05) is 24.3 Å². The number of methoxy groups -OCH3 is 1. The van der Waals surface area contributed by atoms with Crippen LogP contribution in [0, 0.1) is 0 Å². The minimum Gasteiger partial charge on any atom is -0.497 e. The Labute approximate surface area is 134 Å². The predicted molar refractivity (Wildman–Crippen MR) is 90.5 cm³/mol. The van der Waals surface area contributed by atoms with Gasteiger partial charge < -0.3 is 20.3 Å². The van der Waals surface area contributed by atoms with Crippen molar-refractivity contribution in [2.75, 3.05) is 39.8 Å². The molecule has 124 valence electrons. The maximum atomic E-state index is 11.7. The molecule has 0 bridgehead atoms. The Bertz CT molecular complexity index is 434. The summed E-state index contributed by atoms with van der Waals surface area (Å²) in [6.07, 6.45) is 1.77. The van der Waals surface area contributed by atoms with Gasteiger partial charge in [-0.3, -0.25) is 0 Å². The fraction of sp³-hybridized carbons (Fsp3) is 0.588. The Hall–Kier alpha value is -1.75. The summed E-state index contributed by atoms with van der Waals surface area (Å²) in [5.41, 5.74) is 1.15. The second kappa shape index (κ2) is 10.9. The summed E-state index contributed by atoms with van der Waals surface area (Å²) in [6, 6.07) is 7.80. The zero-order chi connectivity index (χ0) is 16.2. The van der Waals surface area contributed by atoms with Crippen molar-refractivity contribution in [3.8, 4) is 5.75 Å². The fourth-order valence-electron chi connectivity index (χ4n) is 2.26. The summed E-state index contributed by atoms with van der Waals surface area (Å²) >= 11 is 0. The molecule has 0 aliphatic heterocycles. The molecule has 5 nitrogen and oxygen atoms in total. The van der Waals surface area contributed by atoms with E-state index in [4.69, 9.17) is 4.74 Å². The molecular formula is C17H29N3O2. The van der Waals surface area contributed by atoms with Crippen LogP contribution in [0.25, 0.3) is 0 Å². The molecule has 1 rings (SSSR count). The van der Waals surface area contributed by atoms with E-state index in [1.54, 1.807) is 7.11 Å². The van der Waals surface area contributed by atoms with Crippen LogP contribution in [0.4, 0.5) is 4.79 Å². The van der Waals surface area contributed by atoms with E-state index in [1.165, 1.54) is 0 Å². The number of nitrogens with one attached hydrogen (secondary N) is 2. The van der Waals surface area contributed by atoms with Crippen LogP contribution in [0.1, 0.15) is 25.8 Å². The minimum absolute atomic E-state index is 0.0950.